The normalized spacial score (nSPS) is 19.1. The number of hydrogen-bond acceptors (Lipinski definition) is 3. The molecule has 1 aromatic carbocycles. The Kier molecular flexibility index (Phi) is 3.54. The van der Waals surface area contributed by atoms with Gasteiger partial charge in [0.15, 0.2) is 0 Å². The third-order valence-electron chi connectivity index (χ3n) is 3.80. The topological polar surface area (TPSA) is 45.2 Å². The van der Waals surface area contributed by atoms with Crippen molar-refractivity contribution in [3.05, 3.63) is 36.5 Å². The molecule has 3 rings (SSSR count). The molecule has 1 amide bonds. The lowest BCUT2D eigenvalue weighted by molar-refractivity contribution is -0.119. The lowest BCUT2D eigenvalue weighted by Crippen LogP contribution is -2.47. The maximum atomic E-state index is 11.2. The number of carbonyl (C=O) groups excluding carboxylic acids is 1. The number of hydrogen-bond donors (Lipinski definition) is 1. The van der Waals surface area contributed by atoms with E-state index >= 15 is 0 Å². The minimum Gasteiger partial charge on any atom is -0.369 e. The van der Waals surface area contributed by atoms with Gasteiger partial charge in [-0.1, -0.05) is 18.2 Å². The number of carbonyl (C=O) groups is 1. The van der Waals surface area contributed by atoms with Crippen molar-refractivity contribution in [2.24, 2.45) is 0 Å². The number of para-hydroxylation sites is 1. The van der Waals surface area contributed by atoms with Crippen LogP contribution in [0.4, 0.5) is 5.69 Å². The number of anilines is 1. The predicted octanol–water partition coefficient (Wildman–Crippen LogP) is 2.34. The second kappa shape index (κ2) is 5.49. The van der Waals surface area contributed by atoms with Gasteiger partial charge >= 0.3 is 0 Å². The zero-order chi connectivity index (χ0) is 13.9. The monoisotopic (exact) mass is 269 g/mol. The fourth-order valence-electron chi connectivity index (χ4n) is 2.96. The van der Waals surface area contributed by atoms with Crippen molar-refractivity contribution >= 4 is 22.5 Å². The maximum Gasteiger partial charge on any atom is 0.217 e. The zero-order valence-corrected chi connectivity index (χ0v) is 11.7. The van der Waals surface area contributed by atoms with Crippen LogP contribution in [0.2, 0.25) is 0 Å². The van der Waals surface area contributed by atoms with Gasteiger partial charge in [0.25, 0.3) is 0 Å². The van der Waals surface area contributed by atoms with Gasteiger partial charge in [-0.2, -0.15) is 0 Å². The first kappa shape index (κ1) is 12.9. The molecule has 2 aromatic rings. The number of amides is 1. The van der Waals surface area contributed by atoms with Crippen LogP contribution in [0.25, 0.3) is 10.9 Å². The average Bonchev–Trinajstić information content (AvgIpc) is 2.46. The molecule has 1 N–H and O–H groups in total. The molecule has 0 radical (unpaired) electrons. The highest BCUT2D eigenvalue weighted by molar-refractivity contribution is 5.91. The summed E-state index contributed by atoms with van der Waals surface area (Å²) >= 11 is 0. The minimum atomic E-state index is 0.0523. The van der Waals surface area contributed by atoms with Gasteiger partial charge in [-0.15, -0.1) is 0 Å². The van der Waals surface area contributed by atoms with Gasteiger partial charge in [-0.25, -0.2) is 0 Å². The molecule has 2 heterocycles. The van der Waals surface area contributed by atoms with Crippen molar-refractivity contribution in [2.45, 2.75) is 25.8 Å². The van der Waals surface area contributed by atoms with Crippen LogP contribution in [0.5, 0.6) is 0 Å². The van der Waals surface area contributed by atoms with Gasteiger partial charge in [0.05, 0.1) is 5.52 Å². The summed E-state index contributed by atoms with van der Waals surface area (Å²) in [5, 5.41) is 4.21. The first-order valence-electron chi connectivity index (χ1n) is 7.10. The molecule has 0 spiro atoms. The Morgan fingerprint density at radius 1 is 1.35 bits per heavy atom. The molecule has 0 bridgehead atoms. The summed E-state index contributed by atoms with van der Waals surface area (Å²) < 4.78 is 0. The molecule has 20 heavy (non-hydrogen) atoms. The molecule has 1 fully saturated rings. The van der Waals surface area contributed by atoms with Crippen LogP contribution in [-0.2, 0) is 4.79 Å². The second-order valence-electron chi connectivity index (χ2n) is 5.33. The smallest absolute Gasteiger partial charge is 0.217 e. The largest absolute Gasteiger partial charge is 0.369 e. The first-order chi connectivity index (χ1) is 9.74. The van der Waals surface area contributed by atoms with Crippen LogP contribution < -0.4 is 10.2 Å². The summed E-state index contributed by atoms with van der Waals surface area (Å²) in [5.74, 6) is 0.0523. The molecule has 4 heteroatoms. The molecule has 0 saturated carbocycles. The molecule has 1 aromatic heterocycles. The van der Waals surface area contributed by atoms with E-state index in [9.17, 15) is 4.79 Å². The fourth-order valence-corrected chi connectivity index (χ4v) is 2.96. The van der Waals surface area contributed by atoms with Gasteiger partial charge in [-0.05, 0) is 25.0 Å². The third kappa shape index (κ3) is 2.59. The van der Waals surface area contributed by atoms with Gasteiger partial charge < -0.3 is 10.2 Å². The number of benzene rings is 1. The number of nitrogens with zero attached hydrogens (tertiary/aromatic N) is 2. The van der Waals surface area contributed by atoms with E-state index in [-0.39, 0.29) is 11.9 Å². The second-order valence-corrected chi connectivity index (χ2v) is 5.33. The lowest BCUT2D eigenvalue weighted by atomic mass is 10.0. The Morgan fingerprint density at radius 3 is 3.05 bits per heavy atom. The molecule has 1 aliphatic heterocycles. The van der Waals surface area contributed by atoms with Crippen molar-refractivity contribution in [1.29, 1.82) is 0 Å². The van der Waals surface area contributed by atoms with Crippen molar-refractivity contribution in [1.82, 2.24) is 10.3 Å². The van der Waals surface area contributed by atoms with Crippen molar-refractivity contribution in [3.63, 3.8) is 0 Å². The summed E-state index contributed by atoms with van der Waals surface area (Å²) in [6.45, 7) is 3.48. The highest BCUT2D eigenvalue weighted by Gasteiger charge is 2.21. The van der Waals surface area contributed by atoms with Crippen molar-refractivity contribution < 1.29 is 4.79 Å². The average molecular weight is 269 g/mol. The van der Waals surface area contributed by atoms with E-state index in [4.69, 9.17) is 0 Å². The van der Waals surface area contributed by atoms with E-state index in [1.807, 2.05) is 24.4 Å². The third-order valence-corrected chi connectivity index (χ3v) is 3.80. The van der Waals surface area contributed by atoms with Crippen LogP contribution in [0.1, 0.15) is 19.8 Å². The summed E-state index contributed by atoms with van der Waals surface area (Å²) in [6.07, 6.45) is 4.01. The molecule has 0 aliphatic carbocycles. The number of aromatic nitrogens is 1. The number of pyridine rings is 1. The molecule has 1 unspecified atom stereocenters. The van der Waals surface area contributed by atoms with Crippen LogP contribution in [-0.4, -0.2) is 30.0 Å². The van der Waals surface area contributed by atoms with E-state index < -0.39 is 0 Å². The van der Waals surface area contributed by atoms with Gasteiger partial charge in [0.1, 0.15) is 0 Å². The molecule has 1 aliphatic rings. The Hall–Kier alpha value is -2.10. The number of piperidine rings is 1. The minimum absolute atomic E-state index is 0.0523. The van der Waals surface area contributed by atoms with Gasteiger partial charge in [0, 0.05) is 43.3 Å². The van der Waals surface area contributed by atoms with E-state index in [0.29, 0.717) is 0 Å². The Bertz CT molecular complexity index is 621. The molecule has 104 valence electrons. The first-order valence-corrected chi connectivity index (χ1v) is 7.10. The number of rotatable bonds is 2. The number of nitrogens with one attached hydrogen (secondary N) is 1. The molecule has 1 atom stereocenters. The van der Waals surface area contributed by atoms with E-state index in [2.05, 4.69) is 27.3 Å². The van der Waals surface area contributed by atoms with Gasteiger partial charge in [0.2, 0.25) is 5.91 Å². The summed E-state index contributed by atoms with van der Waals surface area (Å²) in [7, 11) is 0. The van der Waals surface area contributed by atoms with Crippen molar-refractivity contribution in [3.8, 4) is 0 Å². The van der Waals surface area contributed by atoms with Crippen molar-refractivity contribution in [2.75, 3.05) is 18.0 Å². The van der Waals surface area contributed by atoms with Crippen LogP contribution >= 0.6 is 0 Å². The standard InChI is InChI=1S/C16H19N3O/c1-12(20)18-13-5-4-10-19(11-13)16-8-9-17-15-7-3-2-6-14(15)16/h2-3,6-9,13H,4-5,10-11H2,1H3,(H,18,20). The Morgan fingerprint density at radius 2 is 2.20 bits per heavy atom. The van der Waals surface area contributed by atoms with Crippen LogP contribution in [0, 0.1) is 0 Å². The highest BCUT2D eigenvalue weighted by atomic mass is 16.1. The lowest BCUT2D eigenvalue weighted by Gasteiger charge is -2.35. The number of fused-ring (bicyclic) bond motifs is 1. The summed E-state index contributed by atoms with van der Waals surface area (Å²) in [6, 6.07) is 10.5. The highest BCUT2D eigenvalue weighted by Crippen LogP contribution is 2.27. The Balaban J connectivity index is 1.88. The predicted molar refractivity (Wildman–Crippen MR) is 80.8 cm³/mol. The van der Waals surface area contributed by atoms with Crippen LogP contribution in [0.3, 0.4) is 0 Å². The summed E-state index contributed by atoms with van der Waals surface area (Å²) in [5.41, 5.74) is 2.23. The molecular weight excluding hydrogens is 250 g/mol. The maximum absolute atomic E-state index is 11.2. The SMILES string of the molecule is CC(=O)NC1CCCN(c2ccnc3ccccc23)C1. The van der Waals surface area contributed by atoms with E-state index in [1.165, 1.54) is 11.1 Å². The van der Waals surface area contributed by atoms with Gasteiger partial charge in [-0.3, -0.25) is 9.78 Å². The molecular formula is C16H19N3O. The molecule has 1 saturated heterocycles. The van der Waals surface area contributed by atoms with E-state index in [1.54, 1.807) is 6.92 Å². The molecule has 4 nitrogen and oxygen atoms in total. The van der Waals surface area contributed by atoms with E-state index in [0.717, 1.165) is 31.4 Å². The zero-order valence-electron chi connectivity index (χ0n) is 11.7. The fraction of sp³-hybridized carbons (Fsp3) is 0.375. The Labute approximate surface area is 118 Å². The van der Waals surface area contributed by atoms with Crippen LogP contribution in [0.15, 0.2) is 36.5 Å². The quantitative estimate of drug-likeness (QED) is 0.910. The summed E-state index contributed by atoms with van der Waals surface area (Å²) in [4.78, 5) is 18.0.